The molecule has 3 aromatic carbocycles. The first kappa shape index (κ1) is 22.2. The van der Waals surface area contributed by atoms with Crippen LogP contribution in [0.25, 0.3) is 0 Å². The van der Waals surface area contributed by atoms with Crippen LogP contribution in [0, 0.1) is 0 Å². The number of hydrogen-bond donors (Lipinski definition) is 1. The lowest BCUT2D eigenvalue weighted by atomic mass is 9.88. The van der Waals surface area contributed by atoms with E-state index in [1.807, 2.05) is 78.9 Å². The van der Waals surface area contributed by atoms with Crippen LogP contribution in [0.3, 0.4) is 0 Å². The Kier molecular flexibility index (Phi) is 7.02. The maximum absolute atomic E-state index is 12.8. The summed E-state index contributed by atoms with van der Waals surface area (Å²) >= 11 is 0. The lowest BCUT2D eigenvalue weighted by Gasteiger charge is -2.28. The van der Waals surface area contributed by atoms with Crippen LogP contribution in [0.5, 0.6) is 0 Å². The van der Waals surface area contributed by atoms with Crippen LogP contribution in [0.15, 0.2) is 84.9 Å². The second-order valence-corrected chi connectivity index (χ2v) is 10.2. The van der Waals surface area contributed by atoms with Gasteiger partial charge in [0, 0.05) is 32.0 Å². The Labute approximate surface area is 190 Å². The molecule has 0 bridgehead atoms. The normalized spacial score (nSPS) is 14.2. The fourth-order valence-electron chi connectivity index (χ4n) is 4.21. The van der Waals surface area contributed by atoms with Crippen molar-refractivity contribution in [1.82, 2.24) is 9.62 Å². The number of benzene rings is 3. The second kappa shape index (κ2) is 10.1. The van der Waals surface area contributed by atoms with E-state index in [-0.39, 0.29) is 30.5 Å². The van der Waals surface area contributed by atoms with E-state index >= 15 is 0 Å². The lowest BCUT2D eigenvalue weighted by Crippen LogP contribution is -2.40. The molecule has 6 heteroatoms. The molecular weight excluding hydrogens is 420 g/mol. The van der Waals surface area contributed by atoms with Crippen LogP contribution in [0.4, 0.5) is 0 Å². The Morgan fingerprint density at radius 2 is 1.41 bits per heavy atom. The van der Waals surface area contributed by atoms with Crippen molar-refractivity contribution in [1.29, 1.82) is 0 Å². The zero-order chi connectivity index (χ0) is 22.4. The smallest absolute Gasteiger partial charge is 0.220 e. The van der Waals surface area contributed by atoms with Gasteiger partial charge in [0.1, 0.15) is 0 Å². The molecule has 1 amide bonds. The summed E-state index contributed by atoms with van der Waals surface area (Å²) in [5.74, 6) is -0.322. The number of nitrogens with zero attached hydrogens (tertiary/aromatic N) is 1. The van der Waals surface area contributed by atoms with Gasteiger partial charge in [0.25, 0.3) is 0 Å². The van der Waals surface area contributed by atoms with Crippen molar-refractivity contribution in [2.24, 2.45) is 0 Å². The van der Waals surface area contributed by atoms with E-state index in [1.54, 1.807) is 0 Å². The van der Waals surface area contributed by atoms with Crippen LogP contribution in [0.2, 0.25) is 0 Å². The lowest BCUT2D eigenvalue weighted by molar-refractivity contribution is -0.121. The quantitative estimate of drug-likeness (QED) is 0.571. The summed E-state index contributed by atoms with van der Waals surface area (Å²) in [7, 11) is -3.44. The fourth-order valence-corrected chi connectivity index (χ4v) is 5.54. The standard InChI is InChI=1S/C26H28N2O3S/c29-26(19-25(22-10-3-1-4-11-22)23-12-5-2-6-13-23)27-16-18-32(30,31)28-17-15-21-9-7-8-14-24(21)20-28/h1-14,25H,15-20H2,(H,27,29). The molecule has 4 rings (SSSR count). The monoisotopic (exact) mass is 448 g/mol. The molecule has 0 aromatic heterocycles. The highest BCUT2D eigenvalue weighted by molar-refractivity contribution is 7.89. The van der Waals surface area contributed by atoms with E-state index in [9.17, 15) is 13.2 Å². The molecule has 1 aliphatic rings. The molecule has 0 saturated carbocycles. The van der Waals surface area contributed by atoms with E-state index in [1.165, 1.54) is 9.87 Å². The minimum Gasteiger partial charge on any atom is -0.355 e. The third kappa shape index (κ3) is 5.44. The molecule has 5 nitrogen and oxygen atoms in total. The Morgan fingerprint density at radius 3 is 2.03 bits per heavy atom. The van der Waals surface area contributed by atoms with E-state index in [0.717, 1.165) is 23.1 Å². The SMILES string of the molecule is O=C(CC(c1ccccc1)c1ccccc1)NCCS(=O)(=O)N1CCc2ccccc2C1. The molecule has 3 aromatic rings. The van der Waals surface area contributed by atoms with Crippen molar-refractivity contribution in [2.45, 2.75) is 25.3 Å². The molecule has 1 heterocycles. The zero-order valence-corrected chi connectivity index (χ0v) is 18.8. The molecule has 0 radical (unpaired) electrons. The van der Waals surface area contributed by atoms with E-state index < -0.39 is 10.0 Å². The fraction of sp³-hybridized carbons (Fsp3) is 0.269. The summed E-state index contributed by atoms with van der Waals surface area (Å²) in [4.78, 5) is 12.7. The molecule has 0 fully saturated rings. The van der Waals surface area contributed by atoms with Gasteiger partial charge in [-0.25, -0.2) is 8.42 Å². The summed E-state index contributed by atoms with van der Waals surface area (Å²) in [5.41, 5.74) is 4.39. The molecule has 0 unspecified atom stereocenters. The van der Waals surface area contributed by atoms with Gasteiger partial charge in [0.15, 0.2) is 0 Å². The van der Waals surface area contributed by atoms with Crippen LogP contribution in [0.1, 0.15) is 34.6 Å². The van der Waals surface area contributed by atoms with Gasteiger partial charge in [-0.2, -0.15) is 4.31 Å². The average Bonchev–Trinajstić information content (AvgIpc) is 2.83. The zero-order valence-electron chi connectivity index (χ0n) is 18.0. The van der Waals surface area contributed by atoms with Gasteiger partial charge in [0.2, 0.25) is 15.9 Å². The maximum atomic E-state index is 12.8. The summed E-state index contributed by atoms with van der Waals surface area (Å²) in [6, 6.07) is 27.8. The highest BCUT2D eigenvalue weighted by Crippen LogP contribution is 2.27. The van der Waals surface area contributed by atoms with Gasteiger partial charge >= 0.3 is 0 Å². The van der Waals surface area contributed by atoms with Gasteiger partial charge in [0.05, 0.1) is 5.75 Å². The number of nitrogens with one attached hydrogen (secondary N) is 1. The molecule has 1 aliphatic heterocycles. The molecular formula is C26H28N2O3S. The minimum atomic E-state index is -3.44. The van der Waals surface area contributed by atoms with Crippen molar-refractivity contribution < 1.29 is 13.2 Å². The highest BCUT2D eigenvalue weighted by atomic mass is 32.2. The number of rotatable bonds is 8. The highest BCUT2D eigenvalue weighted by Gasteiger charge is 2.26. The van der Waals surface area contributed by atoms with Crippen LogP contribution >= 0.6 is 0 Å². The van der Waals surface area contributed by atoms with Gasteiger partial charge in [-0.1, -0.05) is 84.9 Å². The van der Waals surface area contributed by atoms with Crippen molar-refractivity contribution >= 4 is 15.9 Å². The van der Waals surface area contributed by atoms with Crippen molar-refractivity contribution in [3.63, 3.8) is 0 Å². The number of amides is 1. The molecule has 0 aliphatic carbocycles. The van der Waals surface area contributed by atoms with Gasteiger partial charge in [-0.3, -0.25) is 4.79 Å². The summed E-state index contributed by atoms with van der Waals surface area (Å²) in [5, 5.41) is 2.82. The number of carbonyl (C=O) groups is 1. The predicted octanol–water partition coefficient (Wildman–Crippen LogP) is 3.71. The third-order valence-electron chi connectivity index (χ3n) is 5.96. The molecule has 166 valence electrons. The van der Waals surface area contributed by atoms with Crippen LogP contribution in [-0.2, 0) is 27.8 Å². The van der Waals surface area contributed by atoms with Crippen LogP contribution < -0.4 is 5.32 Å². The second-order valence-electron chi connectivity index (χ2n) is 8.10. The number of carbonyl (C=O) groups excluding carboxylic acids is 1. The number of fused-ring (bicyclic) bond motifs is 1. The van der Waals surface area contributed by atoms with Crippen molar-refractivity contribution in [3.8, 4) is 0 Å². The van der Waals surface area contributed by atoms with Crippen LogP contribution in [-0.4, -0.2) is 37.5 Å². The molecule has 1 N–H and O–H groups in total. The van der Waals surface area contributed by atoms with Crippen molar-refractivity contribution in [2.75, 3.05) is 18.8 Å². The molecule has 0 atom stereocenters. The summed E-state index contributed by atoms with van der Waals surface area (Å²) < 4.78 is 27.2. The van der Waals surface area contributed by atoms with Gasteiger partial charge < -0.3 is 5.32 Å². The number of hydrogen-bond acceptors (Lipinski definition) is 3. The average molecular weight is 449 g/mol. The van der Waals surface area contributed by atoms with E-state index in [4.69, 9.17) is 0 Å². The largest absolute Gasteiger partial charge is 0.355 e. The first-order valence-corrected chi connectivity index (χ1v) is 12.5. The van der Waals surface area contributed by atoms with Crippen molar-refractivity contribution in [3.05, 3.63) is 107 Å². The third-order valence-corrected chi connectivity index (χ3v) is 7.78. The Morgan fingerprint density at radius 1 is 0.844 bits per heavy atom. The minimum absolute atomic E-state index is 0.0763. The maximum Gasteiger partial charge on any atom is 0.220 e. The first-order chi connectivity index (χ1) is 15.5. The van der Waals surface area contributed by atoms with Gasteiger partial charge in [-0.15, -0.1) is 0 Å². The Hall–Kier alpha value is -2.96. The Balaban J connectivity index is 1.35. The van der Waals surface area contributed by atoms with E-state index in [2.05, 4.69) is 11.4 Å². The Bertz CT molecular complexity index is 1110. The van der Waals surface area contributed by atoms with Gasteiger partial charge in [-0.05, 0) is 28.7 Å². The molecule has 0 saturated heterocycles. The predicted molar refractivity (Wildman–Crippen MR) is 127 cm³/mol. The first-order valence-electron chi connectivity index (χ1n) is 10.9. The summed E-state index contributed by atoms with van der Waals surface area (Å²) in [6.45, 7) is 0.990. The molecule has 0 spiro atoms. The topological polar surface area (TPSA) is 66.5 Å². The van der Waals surface area contributed by atoms with E-state index in [0.29, 0.717) is 13.1 Å². The summed E-state index contributed by atoms with van der Waals surface area (Å²) in [6.07, 6.45) is 0.989. The number of sulfonamides is 1. The molecule has 32 heavy (non-hydrogen) atoms.